The third kappa shape index (κ3) is 3.84. The molecule has 3 aromatic rings. The number of benzene rings is 2. The summed E-state index contributed by atoms with van der Waals surface area (Å²) >= 11 is 0. The molecule has 1 aromatic heterocycles. The zero-order chi connectivity index (χ0) is 16.8. The first-order valence-corrected chi connectivity index (χ1v) is 7.95. The zero-order valence-corrected chi connectivity index (χ0v) is 13.5. The maximum absolute atomic E-state index is 12.2. The second kappa shape index (κ2) is 7.51. The van der Waals surface area contributed by atoms with Crippen molar-refractivity contribution in [3.63, 3.8) is 0 Å². The van der Waals surface area contributed by atoms with Crippen molar-refractivity contribution in [3.05, 3.63) is 78.8 Å². The van der Waals surface area contributed by atoms with E-state index in [-0.39, 0.29) is 18.5 Å². The van der Waals surface area contributed by atoms with Gasteiger partial charge in [-0.1, -0.05) is 48.5 Å². The molecule has 1 heterocycles. The lowest BCUT2D eigenvalue weighted by Gasteiger charge is -2.14. The molecule has 0 saturated heterocycles. The van der Waals surface area contributed by atoms with Gasteiger partial charge >= 0.3 is 0 Å². The highest BCUT2D eigenvalue weighted by Gasteiger charge is 2.12. The van der Waals surface area contributed by atoms with Crippen molar-refractivity contribution in [2.24, 2.45) is 0 Å². The molecule has 0 bridgehead atoms. The first kappa shape index (κ1) is 15.9. The Morgan fingerprint density at radius 2 is 1.75 bits per heavy atom. The Labute approximate surface area is 141 Å². The first-order valence-electron chi connectivity index (χ1n) is 7.95. The average molecular weight is 320 g/mol. The van der Waals surface area contributed by atoms with E-state index in [1.807, 2.05) is 61.5 Å². The van der Waals surface area contributed by atoms with Crippen LogP contribution in [0.5, 0.6) is 0 Å². The van der Waals surface area contributed by atoms with Gasteiger partial charge in [0.05, 0.1) is 18.8 Å². The van der Waals surface area contributed by atoms with Gasteiger partial charge in [-0.2, -0.15) is 0 Å². The van der Waals surface area contributed by atoms with Crippen molar-refractivity contribution in [2.75, 3.05) is 11.9 Å². The molecule has 0 fully saturated rings. The minimum absolute atomic E-state index is 0.0817. The van der Waals surface area contributed by atoms with E-state index in [4.69, 9.17) is 4.42 Å². The van der Waals surface area contributed by atoms with Crippen LogP contribution in [-0.2, 0) is 4.79 Å². The highest BCUT2D eigenvalue weighted by molar-refractivity contribution is 5.84. The maximum Gasteiger partial charge on any atom is 0.239 e. The fourth-order valence-electron chi connectivity index (χ4n) is 2.58. The van der Waals surface area contributed by atoms with Gasteiger partial charge in [0.2, 0.25) is 5.91 Å². The predicted octanol–water partition coefficient (Wildman–Crippen LogP) is 4.24. The summed E-state index contributed by atoms with van der Waals surface area (Å²) in [4.78, 5) is 12.2. The molecule has 122 valence electrons. The highest BCUT2D eigenvalue weighted by Crippen LogP contribution is 2.27. The lowest BCUT2D eigenvalue weighted by Crippen LogP contribution is -2.31. The van der Waals surface area contributed by atoms with Gasteiger partial charge < -0.3 is 15.1 Å². The topological polar surface area (TPSA) is 54.3 Å². The van der Waals surface area contributed by atoms with Gasteiger partial charge in [-0.25, -0.2) is 0 Å². The van der Waals surface area contributed by atoms with Crippen molar-refractivity contribution in [2.45, 2.75) is 13.0 Å². The maximum atomic E-state index is 12.2. The fraction of sp³-hybridized carbons (Fsp3) is 0.150. The van der Waals surface area contributed by atoms with E-state index in [2.05, 4.69) is 22.8 Å². The standard InChI is InChI=1S/C20H20N2O2/c1-15(19-12-7-13-24-19)22-20(23)14-21-18-11-6-5-10-17(18)16-8-3-2-4-9-16/h2-13,15,21H,14H2,1H3,(H,22,23). The van der Waals surface area contributed by atoms with Crippen LogP contribution in [-0.4, -0.2) is 12.5 Å². The molecular weight excluding hydrogens is 300 g/mol. The molecular formula is C20H20N2O2. The number of amides is 1. The van der Waals surface area contributed by atoms with E-state index in [9.17, 15) is 4.79 Å². The van der Waals surface area contributed by atoms with Gasteiger partial charge in [0, 0.05) is 11.3 Å². The Bertz CT molecular complexity index is 782. The number of furan rings is 1. The number of rotatable bonds is 6. The molecule has 0 saturated carbocycles. The molecule has 4 heteroatoms. The molecule has 24 heavy (non-hydrogen) atoms. The summed E-state index contributed by atoms with van der Waals surface area (Å²) in [7, 11) is 0. The molecule has 1 atom stereocenters. The molecule has 1 amide bonds. The van der Waals surface area contributed by atoms with Crippen LogP contribution in [0.15, 0.2) is 77.4 Å². The zero-order valence-electron chi connectivity index (χ0n) is 13.5. The molecule has 4 nitrogen and oxygen atoms in total. The molecule has 3 rings (SSSR count). The summed E-state index contributed by atoms with van der Waals surface area (Å²) in [6, 6.07) is 21.6. The summed E-state index contributed by atoms with van der Waals surface area (Å²) in [6.07, 6.45) is 1.60. The van der Waals surface area contributed by atoms with Crippen molar-refractivity contribution in [3.8, 4) is 11.1 Å². The van der Waals surface area contributed by atoms with Crippen LogP contribution in [0, 0.1) is 0 Å². The summed E-state index contributed by atoms with van der Waals surface area (Å²) < 4.78 is 5.30. The average Bonchev–Trinajstić information content (AvgIpc) is 3.16. The third-order valence-electron chi connectivity index (χ3n) is 3.80. The van der Waals surface area contributed by atoms with E-state index in [1.165, 1.54) is 0 Å². The van der Waals surface area contributed by atoms with Crippen LogP contribution in [0.1, 0.15) is 18.7 Å². The number of nitrogens with one attached hydrogen (secondary N) is 2. The van der Waals surface area contributed by atoms with Crippen molar-refractivity contribution < 1.29 is 9.21 Å². The normalized spacial score (nSPS) is 11.7. The smallest absolute Gasteiger partial charge is 0.239 e. The van der Waals surface area contributed by atoms with Gasteiger partial charge in [0.15, 0.2) is 0 Å². The minimum Gasteiger partial charge on any atom is -0.467 e. The predicted molar refractivity (Wildman–Crippen MR) is 95.6 cm³/mol. The summed E-state index contributed by atoms with van der Waals surface area (Å²) in [5.74, 6) is 0.662. The fourth-order valence-corrected chi connectivity index (χ4v) is 2.58. The van der Waals surface area contributed by atoms with Crippen LogP contribution in [0.25, 0.3) is 11.1 Å². The molecule has 2 aromatic carbocycles. The minimum atomic E-state index is -0.154. The SMILES string of the molecule is CC(NC(=O)CNc1ccccc1-c1ccccc1)c1ccco1. The third-order valence-corrected chi connectivity index (χ3v) is 3.80. The number of hydrogen-bond acceptors (Lipinski definition) is 3. The second-order valence-corrected chi connectivity index (χ2v) is 5.57. The highest BCUT2D eigenvalue weighted by atomic mass is 16.3. The van der Waals surface area contributed by atoms with Crippen LogP contribution >= 0.6 is 0 Å². The number of hydrogen-bond donors (Lipinski definition) is 2. The van der Waals surface area contributed by atoms with E-state index in [0.717, 1.165) is 22.6 Å². The number of para-hydroxylation sites is 1. The lowest BCUT2D eigenvalue weighted by atomic mass is 10.0. The Morgan fingerprint density at radius 1 is 1.00 bits per heavy atom. The number of anilines is 1. The van der Waals surface area contributed by atoms with E-state index in [1.54, 1.807) is 6.26 Å². The number of carbonyl (C=O) groups is 1. The molecule has 2 N–H and O–H groups in total. The van der Waals surface area contributed by atoms with Gasteiger partial charge in [0.25, 0.3) is 0 Å². The van der Waals surface area contributed by atoms with Crippen molar-refractivity contribution in [1.82, 2.24) is 5.32 Å². The monoisotopic (exact) mass is 320 g/mol. The van der Waals surface area contributed by atoms with E-state index in [0.29, 0.717) is 0 Å². The Kier molecular flexibility index (Phi) is 4.96. The van der Waals surface area contributed by atoms with Crippen LogP contribution in [0.2, 0.25) is 0 Å². The van der Waals surface area contributed by atoms with Gasteiger partial charge in [-0.05, 0) is 30.7 Å². The van der Waals surface area contributed by atoms with Crippen LogP contribution in [0.3, 0.4) is 0 Å². The number of carbonyl (C=O) groups excluding carboxylic acids is 1. The molecule has 0 radical (unpaired) electrons. The Balaban J connectivity index is 1.64. The van der Waals surface area contributed by atoms with Gasteiger partial charge in [-0.3, -0.25) is 4.79 Å². The van der Waals surface area contributed by atoms with E-state index < -0.39 is 0 Å². The molecule has 0 aliphatic carbocycles. The summed E-state index contributed by atoms with van der Waals surface area (Å²) in [6.45, 7) is 2.10. The largest absolute Gasteiger partial charge is 0.467 e. The molecule has 0 aliphatic heterocycles. The first-order chi connectivity index (χ1) is 11.7. The van der Waals surface area contributed by atoms with E-state index >= 15 is 0 Å². The lowest BCUT2D eigenvalue weighted by molar-refractivity contribution is -0.120. The second-order valence-electron chi connectivity index (χ2n) is 5.57. The summed E-state index contributed by atoms with van der Waals surface area (Å²) in [5, 5.41) is 6.14. The Morgan fingerprint density at radius 3 is 2.50 bits per heavy atom. The molecule has 1 unspecified atom stereocenters. The van der Waals surface area contributed by atoms with Gasteiger partial charge in [-0.15, -0.1) is 0 Å². The van der Waals surface area contributed by atoms with Crippen molar-refractivity contribution >= 4 is 11.6 Å². The van der Waals surface area contributed by atoms with Crippen molar-refractivity contribution in [1.29, 1.82) is 0 Å². The molecule has 0 spiro atoms. The van der Waals surface area contributed by atoms with Crippen LogP contribution in [0.4, 0.5) is 5.69 Å². The van der Waals surface area contributed by atoms with Gasteiger partial charge in [0.1, 0.15) is 5.76 Å². The quantitative estimate of drug-likeness (QED) is 0.714. The Hall–Kier alpha value is -3.01. The summed E-state index contributed by atoms with van der Waals surface area (Å²) in [5.41, 5.74) is 3.12. The van der Waals surface area contributed by atoms with Crippen LogP contribution < -0.4 is 10.6 Å². The molecule has 0 aliphatic rings.